The van der Waals surface area contributed by atoms with Crippen LogP contribution in [0.5, 0.6) is 11.5 Å². The number of fused-ring (bicyclic) bond motifs is 1. The Kier molecular flexibility index (Phi) is 8.13. The molecule has 4 aromatic rings. The van der Waals surface area contributed by atoms with Gasteiger partial charge in [-0.05, 0) is 42.3 Å². The van der Waals surface area contributed by atoms with E-state index < -0.39 is 6.10 Å². The average molecular weight is 504 g/mol. The van der Waals surface area contributed by atoms with Crippen LogP contribution in [0.15, 0.2) is 72.8 Å². The second-order valence-corrected chi connectivity index (χ2v) is 10.4. The molecule has 0 aliphatic carbocycles. The van der Waals surface area contributed by atoms with Crippen molar-refractivity contribution in [2.45, 2.75) is 13.0 Å². The molecule has 1 aliphatic rings. The monoisotopic (exact) mass is 503 g/mol. The third-order valence-corrected chi connectivity index (χ3v) is 7.43. The van der Waals surface area contributed by atoms with Gasteiger partial charge in [-0.1, -0.05) is 42.5 Å². The third kappa shape index (κ3) is 6.62. The fourth-order valence-electron chi connectivity index (χ4n) is 4.52. The number of piperazine rings is 1. The van der Waals surface area contributed by atoms with Gasteiger partial charge in [0.25, 0.3) is 0 Å². The van der Waals surface area contributed by atoms with Gasteiger partial charge in [0.05, 0.1) is 15.2 Å². The molecule has 0 saturated carbocycles. The van der Waals surface area contributed by atoms with Crippen LogP contribution in [0.2, 0.25) is 0 Å². The molecule has 1 N–H and O–H groups in total. The second kappa shape index (κ2) is 11.8. The van der Waals surface area contributed by atoms with E-state index in [1.165, 1.54) is 11.1 Å². The highest BCUT2D eigenvalue weighted by molar-refractivity contribution is 7.18. The molecular weight excluding hydrogens is 470 g/mol. The number of β-amino-alcohol motifs (C(OH)–C–C–N with tert-alkyl or cyclic N) is 1. The zero-order valence-corrected chi connectivity index (χ0v) is 21.5. The molecule has 0 bridgehead atoms. The third-order valence-electron chi connectivity index (χ3n) is 6.48. The summed E-state index contributed by atoms with van der Waals surface area (Å²) in [5.41, 5.74) is 3.36. The normalized spacial score (nSPS) is 15.7. The highest BCUT2D eigenvalue weighted by Crippen LogP contribution is 2.26. The van der Waals surface area contributed by atoms with Gasteiger partial charge in [0.15, 0.2) is 0 Å². The molecule has 2 heterocycles. The molecule has 1 unspecified atom stereocenters. The summed E-state index contributed by atoms with van der Waals surface area (Å²) in [7, 11) is 0. The summed E-state index contributed by atoms with van der Waals surface area (Å²) < 4.78 is 13.0. The number of ether oxygens (including phenoxy) is 2. The van der Waals surface area contributed by atoms with E-state index in [2.05, 4.69) is 51.2 Å². The van der Waals surface area contributed by atoms with E-state index >= 15 is 0 Å². The first-order chi connectivity index (χ1) is 17.6. The molecule has 6 nitrogen and oxygen atoms in total. The number of hydrogen-bond acceptors (Lipinski definition) is 7. The van der Waals surface area contributed by atoms with Gasteiger partial charge in [0.1, 0.15) is 30.8 Å². The van der Waals surface area contributed by atoms with Crippen molar-refractivity contribution in [2.24, 2.45) is 0 Å². The van der Waals surface area contributed by atoms with Crippen molar-refractivity contribution in [2.75, 3.05) is 52.5 Å². The van der Waals surface area contributed by atoms with Gasteiger partial charge < -0.3 is 14.6 Å². The van der Waals surface area contributed by atoms with Crippen LogP contribution in [-0.2, 0) is 0 Å². The minimum absolute atomic E-state index is 0.283. The Morgan fingerprint density at radius 1 is 0.861 bits per heavy atom. The van der Waals surface area contributed by atoms with Gasteiger partial charge in [0, 0.05) is 45.3 Å². The Bertz CT molecular complexity index is 1240. The molecule has 7 heteroatoms. The number of thiazole rings is 1. The van der Waals surface area contributed by atoms with E-state index in [0.29, 0.717) is 13.2 Å². The lowest BCUT2D eigenvalue weighted by Crippen LogP contribution is -2.50. The van der Waals surface area contributed by atoms with Crippen LogP contribution < -0.4 is 9.47 Å². The Morgan fingerprint density at radius 3 is 2.33 bits per heavy atom. The van der Waals surface area contributed by atoms with E-state index in [-0.39, 0.29) is 6.61 Å². The maximum atomic E-state index is 10.5. The molecule has 0 radical (unpaired) electrons. The number of aliphatic hydroxyl groups excluding tert-OH is 1. The van der Waals surface area contributed by atoms with Crippen molar-refractivity contribution >= 4 is 21.6 Å². The molecule has 1 fully saturated rings. The van der Waals surface area contributed by atoms with E-state index in [0.717, 1.165) is 59.4 Å². The molecule has 1 aliphatic heterocycles. The topological polar surface area (TPSA) is 58.1 Å². The lowest BCUT2D eigenvalue weighted by Gasteiger charge is -2.35. The van der Waals surface area contributed by atoms with Crippen LogP contribution in [0, 0.1) is 6.92 Å². The van der Waals surface area contributed by atoms with Gasteiger partial charge >= 0.3 is 0 Å². The quantitative estimate of drug-likeness (QED) is 0.338. The lowest BCUT2D eigenvalue weighted by atomic mass is 10.1. The predicted octanol–water partition coefficient (Wildman–Crippen LogP) is 4.71. The number of hydrogen-bond donors (Lipinski definition) is 1. The Morgan fingerprint density at radius 2 is 1.56 bits per heavy atom. The van der Waals surface area contributed by atoms with Gasteiger partial charge in [-0.15, -0.1) is 11.3 Å². The second-order valence-electron chi connectivity index (χ2n) is 9.21. The molecule has 5 rings (SSSR count). The molecule has 188 valence electrons. The fraction of sp³-hybridized carbons (Fsp3) is 0.345. The minimum Gasteiger partial charge on any atom is -0.492 e. The Hall–Kier alpha value is -2.97. The zero-order chi connectivity index (χ0) is 24.7. The van der Waals surface area contributed by atoms with Crippen LogP contribution in [0.1, 0.15) is 5.01 Å². The number of aromatic nitrogens is 1. The van der Waals surface area contributed by atoms with E-state index in [4.69, 9.17) is 9.47 Å². The van der Waals surface area contributed by atoms with Gasteiger partial charge in [-0.3, -0.25) is 9.80 Å². The Balaban J connectivity index is 0.984. The summed E-state index contributed by atoms with van der Waals surface area (Å²) >= 11 is 1.68. The first kappa shape index (κ1) is 24.7. The minimum atomic E-state index is -0.522. The predicted molar refractivity (Wildman–Crippen MR) is 146 cm³/mol. The van der Waals surface area contributed by atoms with Gasteiger partial charge in [0.2, 0.25) is 0 Å². The highest BCUT2D eigenvalue weighted by Gasteiger charge is 2.19. The number of aliphatic hydroxyl groups is 1. The van der Waals surface area contributed by atoms with E-state index in [9.17, 15) is 5.11 Å². The van der Waals surface area contributed by atoms with Crippen LogP contribution >= 0.6 is 11.3 Å². The van der Waals surface area contributed by atoms with Crippen molar-refractivity contribution in [1.29, 1.82) is 0 Å². The number of nitrogens with zero attached hydrogens (tertiary/aromatic N) is 3. The summed E-state index contributed by atoms with van der Waals surface area (Å²) in [4.78, 5) is 9.23. The number of benzene rings is 3. The smallest absolute Gasteiger partial charge is 0.121 e. The summed E-state index contributed by atoms with van der Waals surface area (Å²) in [5, 5.41) is 11.5. The van der Waals surface area contributed by atoms with Crippen molar-refractivity contribution in [3.05, 3.63) is 77.8 Å². The maximum absolute atomic E-state index is 10.5. The van der Waals surface area contributed by atoms with Crippen LogP contribution in [-0.4, -0.2) is 78.5 Å². The van der Waals surface area contributed by atoms with Gasteiger partial charge in [-0.25, -0.2) is 4.98 Å². The van der Waals surface area contributed by atoms with Crippen molar-refractivity contribution < 1.29 is 14.6 Å². The number of rotatable bonds is 10. The van der Waals surface area contributed by atoms with Crippen LogP contribution in [0.3, 0.4) is 0 Å². The molecule has 3 aromatic carbocycles. The summed E-state index contributed by atoms with van der Waals surface area (Å²) in [5.74, 6) is 1.66. The van der Waals surface area contributed by atoms with E-state index in [1.807, 2.05) is 43.3 Å². The molecule has 0 amide bonds. The van der Waals surface area contributed by atoms with Crippen molar-refractivity contribution in [1.82, 2.24) is 14.8 Å². The zero-order valence-electron chi connectivity index (χ0n) is 20.7. The SMILES string of the molecule is Cc1nc2cc(OCC(O)CN3CCN(CCOc4ccc(-c5ccccc5)cc4)CC3)ccc2s1. The van der Waals surface area contributed by atoms with Crippen molar-refractivity contribution in [3.63, 3.8) is 0 Å². The average Bonchev–Trinajstić information content (AvgIpc) is 3.29. The van der Waals surface area contributed by atoms with Gasteiger partial charge in [-0.2, -0.15) is 0 Å². The fourth-order valence-corrected chi connectivity index (χ4v) is 5.33. The molecular formula is C29H33N3O3S. The highest BCUT2D eigenvalue weighted by atomic mass is 32.1. The Labute approximate surface area is 216 Å². The molecule has 1 atom stereocenters. The molecule has 36 heavy (non-hydrogen) atoms. The summed E-state index contributed by atoms with van der Waals surface area (Å²) in [6.45, 7) is 8.31. The van der Waals surface area contributed by atoms with Crippen molar-refractivity contribution in [3.8, 4) is 22.6 Å². The molecule has 0 spiro atoms. The maximum Gasteiger partial charge on any atom is 0.121 e. The van der Waals surface area contributed by atoms with E-state index in [1.54, 1.807) is 11.3 Å². The molecule has 1 saturated heterocycles. The first-order valence-corrected chi connectivity index (χ1v) is 13.3. The number of aryl methyl sites for hydroxylation is 1. The lowest BCUT2D eigenvalue weighted by molar-refractivity contribution is 0.0436. The first-order valence-electron chi connectivity index (χ1n) is 12.5. The summed E-state index contributed by atoms with van der Waals surface area (Å²) in [6.07, 6.45) is -0.522. The standard InChI is InChI=1S/C29H33N3O3S/c1-22-30-28-19-27(11-12-29(28)36-22)35-21-25(33)20-32-15-13-31(14-16-32)17-18-34-26-9-7-24(8-10-26)23-5-3-2-4-6-23/h2-12,19,25,33H,13-18,20-21H2,1H3. The largest absolute Gasteiger partial charge is 0.492 e. The van der Waals surface area contributed by atoms with Crippen LogP contribution in [0.4, 0.5) is 0 Å². The van der Waals surface area contributed by atoms with Crippen LogP contribution in [0.25, 0.3) is 21.3 Å². The summed E-state index contributed by atoms with van der Waals surface area (Å²) in [6, 6.07) is 24.6. The molecule has 1 aromatic heterocycles.